The van der Waals surface area contributed by atoms with E-state index < -0.39 is 0 Å². The van der Waals surface area contributed by atoms with Gasteiger partial charge in [-0.25, -0.2) is 0 Å². The van der Waals surface area contributed by atoms with Crippen molar-refractivity contribution in [1.29, 1.82) is 0 Å². The Morgan fingerprint density at radius 3 is 2.18 bits per heavy atom. The van der Waals surface area contributed by atoms with Crippen molar-refractivity contribution in [2.75, 3.05) is 0 Å². The molecule has 0 rings (SSSR count). The van der Waals surface area contributed by atoms with Gasteiger partial charge in [-0.15, -0.1) is 6.58 Å². The molecule has 0 aromatic heterocycles. The normalized spacial score (nSPS) is 16.5. The van der Waals surface area contributed by atoms with Crippen molar-refractivity contribution in [2.24, 2.45) is 5.92 Å². The monoisotopic (exact) mass is 155 g/mol. The smallest absolute Gasteiger partial charge is 0.00757 e. The summed E-state index contributed by atoms with van der Waals surface area (Å²) < 4.78 is 0. The standard InChI is InChI=1S/C10H21N/c1-6-7-9(4)11-10(5)8(2)3/h6,8-11H,1,7H2,2-5H3. The molecule has 0 aliphatic heterocycles. The van der Waals surface area contributed by atoms with Gasteiger partial charge in [0.15, 0.2) is 0 Å². The van der Waals surface area contributed by atoms with Gasteiger partial charge in [-0.05, 0) is 26.2 Å². The van der Waals surface area contributed by atoms with Gasteiger partial charge in [-0.3, -0.25) is 0 Å². The molecule has 2 unspecified atom stereocenters. The van der Waals surface area contributed by atoms with Crippen LogP contribution >= 0.6 is 0 Å². The van der Waals surface area contributed by atoms with Gasteiger partial charge in [0.2, 0.25) is 0 Å². The van der Waals surface area contributed by atoms with E-state index in [2.05, 4.69) is 39.6 Å². The van der Waals surface area contributed by atoms with Crippen LogP contribution in [0.2, 0.25) is 0 Å². The highest BCUT2D eigenvalue weighted by Crippen LogP contribution is 2.02. The third-order valence-corrected chi connectivity index (χ3v) is 2.07. The molecule has 0 aromatic carbocycles. The average molecular weight is 155 g/mol. The van der Waals surface area contributed by atoms with Crippen molar-refractivity contribution in [3.8, 4) is 0 Å². The van der Waals surface area contributed by atoms with Crippen molar-refractivity contribution >= 4 is 0 Å². The predicted octanol–water partition coefficient (Wildman–Crippen LogP) is 2.59. The molecule has 66 valence electrons. The summed E-state index contributed by atoms with van der Waals surface area (Å²) in [5.74, 6) is 0.710. The van der Waals surface area contributed by atoms with Crippen LogP contribution in [0.3, 0.4) is 0 Å². The molecule has 2 atom stereocenters. The van der Waals surface area contributed by atoms with Gasteiger partial charge in [0, 0.05) is 12.1 Å². The molecule has 1 nitrogen and oxygen atoms in total. The second kappa shape index (κ2) is 5.36. The summed E-state index contributed by atoms with van der Waals surface area (Å²) in [4.78, 5) is 0. The Labute approximate surface area is 70.9 Å². The summed E-state index contributed by atoms with van der Waals surface area (Å²) in [7, 11) is 0. The molecule has 0 aliphatic carbocycles. The van der Waals surface area contributed by atoms with Gasteiger partial charge in [-0.2, -0.15) is 0 Å². The lowest BCUT2D eigenvalue weighted by Gasteiger charge is -2.21. The van der Waals surface area contributed by atoms with E-state index in [1.807, 2.05) is 6.08 Å². The van der Waals surface area contributed by atoms with Crippen LogP contribution in [0, 0.1) is 5.92 Å². The van der Waals surface area contributed by atoms with E-state index in [-0.39, 0.29) is 0 Å². The van der Waals surface area contributed by atoms with E-state index >= 15 is 0 Å². The highest BCUT2D eigenvalue weighted by Gasteiger charge is 2.08. The average Bonchev–Trinajstić information content (AvgIpc) is 1.87. The molecule has 0 saturated carbocycles. The van der Waals surface area contributed by atoms with Crippen molar-refractivity contribution in [1.82, 2.24) is 5.32 Å². The second-order valence-corrected chi connectivity index (χ2v) is 3.62. The highest BCUT2D eigenvalue weighted by atomic mass is 14.9. The van der Waals surface area contributed by atoms with Crippen molar-refractivity contribution in [2.45, 2.75) is 46.2 Å². The van der Waals surface area contributed by atoms with Crippen LogP contribution in [0.5, 0.6) is 0 Å². The molecule has 0 saturated heterocycles. The first kappa shape index (κ1) is 10.7. The van der Waals surface area contributed by atoms with Gasteiger partial charge in [-0.1, -0.05) is 19.9 Å². The molecule has 0 radical (unpaired) electrons. The zero-order valence-electron chi connectivity index (χ0n) is 8.22. The summed E-state index contributed by atoms with van der Waals surface area (Å²) in [6.07, 6.45) is 3.02. The van der Waals surface area contributed by atoms with Crippen LogP contribution in [0.25, 0.3) is 0 Å². The topological polar surface area (TPSA) is 12.0 Å². The first-order valence-corrected chi connectivity index (χ1v) is 4.44. The third-order valence-electron chi connectivity index (χ3n) is 2.07. The van der Waals surface area contributed by atoms with E-state index in [1.165, 1.54) is 0 Å². The maximum absolute atomic E-state index is 3.71. The quantitative estimate of drug-likeness (QED) is 0.602. The molecule has 1 N–H and O–H groups in total. The van der Waals surface area contributed by atoms with Crippen LogP contribution in [0.4, 0.5) is 0 Å². The first-order chi connectivity index (χ1) is 5.07. The van der Waals surface area contributed by atoms with E-state index in [4.69, 9.17) is 0 Å². The summed E-state index contributed by atoms with van der Waals surface area (Å²) in [6, 6.07) is 1.16. The number of hydrogen-bond donors (Lipinski definition) is 1. The maximum atomic E-state index is 3.71. The van der Waals surface area contributed by atoms with Gasteiger partial charge in [0.1, 0.15) is 0 Å². The molecule has 0 spiro atoms. The van der Waals surface area contributed by atoms with E-state index in [9.17, 15) is 0 Å². The molecule has 0 fully saturated rings. The zero-order chi connectivity index (χ0) is 8.85. The van der Waals surface area contributed by atoms with E-state index in [1.54, 1.807) is 0 Å². The van der Waals surface area contributed by atoms with Crippen molar-refractivity contribution in [3.05, 3.63) is 12.7 Å². The minimum Gasteiger partial charge on any atom is -0.311 e. The molecule has 0 bridgehead atoms. The lowest BCUT2D eigenvalue weighted by atomic mass is 10.1. The number of nitrogens with one attached hydrogen (secondary N) is 1. The van der Waals surface area contributed by atoms with Crippen LogP contribution in [0.15, 0.2) is 12.7 Å². The van der Waals surface area contributed by atoms with Gasteiger partial charge in [0.05, 0.1) is 0 Å². The highest BCUT2D eigenvalue weighted by molar-refractivity contribution is 4.77. The SMILES string of the molecule is C=CCC(C)NC(C)C(C)C. The van der Waals surface area contributed by atoms with Crippen LogP contribution in [0.1, 0.15) is 34.1 Å². The number of hydrogen-bond acceptors (Lipinski definition) is 1. The second-order valence-electron chi connectivity index (χ2n) is 3.62. The molecule has 0 aliphatic rings. The summed E-state index contributed by atoms with van der Waals surface area (Å²) in [6.45, 7) is 12.6. The van der Waals surface area contributed by atoms with Gasteiger partial charge >= 0.3 is 0 Å². The molecule has 0 amide bonds. The van der Waals surface area contributed by atoms with Crippen LogP contribution < -0.4 is 5.32 Å². The molecular formula is C10H21N. The largest absolute Gasteiger partial charge is 0.311 e. The minimum atomic E-state index is 0.560. The van der Waals surface area contributed by atoms with E-state index in [0.29, 0.717) is 18.0 Å². The Bertz CT molecular complexity index is 107. The fraction of sp³-hybridized carbons (Fsp3) is 0.800. The first-order valence-electron chi connectivity index (χ1n) is 4.44. The molecule has 0 heterocycles. The van der Waals surface area contributed by atoms with Crippen LogP contribution in [-0.2, 0) is 0 Å². The van der Waals surface area contributed by atoms with Gasteiger partial charge < -0.3 is 5.32 Å². The minimum absolute atomic E-state index is 0.560. The Hall–Kier alpha value is -0.300. The molecular weight excluding hydrogens is 134 g/mol. The lowest BCUT2D eigenvalue weighted by Crippen LogP contribution is -2.37. The Kier molecular flexibility index (Phi) is 5.22. The summed E-state index contributed by atoms with van der Waals surface area (Å²) in [5.41, 5.74) is 0. The van der Waals surface area contributed by atoms with Crippen LogP contribution in [-0.4, -0.2) is 12.1 Å². The number of rotatable bonds is 5. The fourth-order valence-electron chi connectivity index (χ4n) is 0.959. The molecule has 1 heteroatoms. The lowest BCUT2D eigenvalue weighted by molar-refractivity contribution is 0.385. The summed E-state index contributed by atoms with van der Waals surface area (Å²) in [5, 5.41) is 3.51. The zero-order valence-corrected chi connectivity index (χ0v) is 8.22. The van der Waals surface area contributed by atoms with Crippen molar-refractivity contribution < 1.29 is 0 Å². The fourth-order valence-corrected chi connectivity index (χ4v) is 0.959. The Balaban J connectivity index is 3.56. The molecule has 11 heavy (non-hydrogen) atoms. The predicted molar refractivity (Wildman–Crippen MR) is 51.7 cm³/mol. The maximum Gasteiger partial charge on any atom is 0.00757 e. The molecule has 0 aromatic rings. The Morgan fingerprint density at radius 1 is 1.27 bits per heavy atom. The van der Waals surface area contributed by atoms with E-state index in [0.717, 1.165) is 6.42 Å². The van der Waals surface area contributed by atoms with Gasteiger partial charge in [0.25, 0.3) is 0 Å². The third kappa shape index (κ3) is 5.02. The summed E-state index contributed by atoms with van der Waals surface area (Å²) >= 11 is 0. The Morgan fingerprint density at radius 2 is 1.82 bits per heavy atom. The van der Waals surface area contributed by atoms with Crippen molar-refractivity contribution in [3.63, 3.8) is 0 Å².